The van der Waals surface area contributed by atoms with Gasteiger partial charge in [-0.1, -0.05) is 32.0 Å². The molecule has 0 bridgehead atoms. The summed E-state index contributed by atoms with van der Waals surface area (Å²) in [5.41, 5.74) is 0.503. The Labute approximate surface area is 216 Å². The molecule has 1 saturated heterocycles. The number of methoxy groups -OCH3 is 1. The van der Waals surface area contributed by atoms with Crippen molar-refractivity contribution in [3.8, 4) is 5.75 Å². The molecule has 36 heavy (non-hydrogen) atoms. The number of halogens is 1. The number of benzene rings is 2. The predicted octanol–water partition coefficient (Wildman–Crippen LogP) is 5.15. The van der Waals surface area contributed by atoms with E-state index in [9.17, 15) is 9.59 Å². The van der Waals surface area contributed by atoms with Crippen LogP contribution in [0.1, 0.15) is 45.1 Å². The molecule has 0 unspecified atom stereocenters. The van der Waals surface area contributed by atoms with Gasteiger partial charge in [-0.25, -0.2) is 9.24 Å². The Bertz CT molecular complexity index is 1270. The van der Waals surface area contributed by atoms with E-state index in [0.29, 0.717) is 19.3 Å². The van der Waals surface area contributed by atoms with Crippen LogP contribution >= 0.6 is 12.2 Å². The van der Waals surface area contributed by atoms with E-state index >= 15 is 4.39 Å². The summed E-state index contributed by atoms with van der Waals surface area (Å²) in [6.45, 7) is 11.1. The molecule has 188 valence electrons. The standard InChI is InChI=1S/C27H29FN4O3S/c1-26(2,23(33)30-4)16-13-17-7-9-18(10-8-17)32-25(36)31(24(34)27(32)14-6-15-27)20-12-11-19(29-3)22(35-5)21(20)28/h7-12H,6,13-16H2,1-2,4-5H3,(H,30,33). The average molecular weight is 509 g/mol. The Kier molecular flexibility index (Phi) is 6.76. The highest BCUT2D eigenvalue weighted by atomic mass is 32.1. The molecule has 2 amide bonds. The van der Waals surface area contributed by atoms with E-state index in [0.717, 1.165) is 24.1 Å². The van der Waals surface area contributed by atoms with Gasteiger partial charge in [0.2, 0.25) is 11.6 Å². The third kappa shape index (κ3) is 3.99. The van der Waals surface area contributed by atoms with Crippen molar-refractivity contribution in [1.82, 2.24) is 5.32 Å². The van der Waals surface area contributed by atoms with Crippen LogP contribution in [0.3, 0.4) is 0 Å². The third-order valence-electron chi connectivity index (χ3n) is 7.29. The highest BCUT2D eigenvalue weighted by molar-refractivity contribution is 7.81. The Morgan fingerprint density at radius 1 is 1.25 bits per heavy atom. The number of nitrogens with zero attached hydrogens (tertiary/aromatic N) is 3. The van der Waals surface area contributed by atoms with Crippen LogP contribution in [0.15, 0.2) is 36.4 Å². The molecule has 2 aromatic rings. The van der Waals surface area contributed by atoms with Crippen molar-refractivity contribution >= 4 is 46.2 Å². The summed E-state index contributed by atoms with van der Waals surface area (Å²) in [6, 6.07) is 10.6. The zero-order valence-electron chi connectivity index (χ0n) is 20.9. The third-order valence-corrected chi connectivity index (χ3v) is 7.65. The van der Waals surface area contributed by atoms with E-state index in [-0.39, 0.29) is 34.1 Å². The number of hydrogen-bond donors (Lipinski definition) is 1. The molecule has 2 fully saturated rings. The van der Waals surface area contributed by atoms with E-state index < -0.39 is 16.8 Å². The van der Waals surface area contributed by atoms with E-state index in [4.69, 9.17) is 23.5 Å². The van der Waals surface area contributed by atoms with Gasteiger partial charge in [0.05, 0.1) is 19.4 Å². The molecule has 1 heterocycles. The summed E-state index contributed by atoms with van der Waals surface area (Å²) in [5, 5.41) is 2.91. The zero-order valence-corrected chi connectivity index (χ0v) is 21.7. The monoisotopic (exact) mass is 508 g/mol. The maximum absolute atomic E-state index is 15.4. The highest BCUT2D eigenvalue weighted by Gasteiger charge is 2.60. The van der Waals surface area contributed by atoms with Crippen molar-refractivity contribution in [3.63, 3.8) is 0 Å². The molecule has 1 N–H and O–H groups in total. The fourth-order valence-electron chi connectivity index (χ4n) is 4.90. The molecule has 7 nitrogen and oxygen atoms in total. The zero-order chi connectivity index (χ0) is 26.3. The molecule has 2 aromatic carbocycles. The van der Waals surface area contributed by atoms with Crippen LogP contribution in [0.4, 0.5) is 21.5 Å². The number of thiocarbonyl (C=S) groups is 1. The van der Waals surface area contributed by atoms with Crippen LogP contribution < -0.4 is 19.9 Å². The van der Waals surface area contributed by atoms with Crippen molar-refractivity contribution in [3.05, 3.63) is 59.2 Å². The quantitative estimate of drug-likeness (QED) is 0.414. The number of rotatable bonds is 7. The molecule has 1 aliphatic carbocycles. The van der Waals surface area contributed by atoms with Gasteiger partial charge in [0.15, 0.2) is 16.7 Å². The lowest BCUT2D eigenvalue weighted by atomic mass is 9.75. The van der Waals surface area contributed by atoms with Gasteiger partial charge in [-0.15, -0.1) is 0 Å². The minimum Gasteiger partial charge on any atom is -0.505 e. The maximum atomic E-state index is 15.4. The number of ether oxygens (including phenoxy) is 1. The number of anilines is 2. The molecule has 0 aromatic heterocycles. The summed E-state index contributed by atoms with van der Waals surface area (Å²) in [5.74, 6) is -1.26. The number of amides is 2. The molecule has 0 radical (unpaired) electrons. The lowest BCUT2D eigenvalue weighted by Crippen LogP contribution is -2.55. The summed E-state index contributed by atoms with van der Waals surface area (Å²) in [4.78, 5) is 32.1. The molecule has 1 aliphatic heterocycles. The molecule has 4 rings (SSSR count). The van der Waals surface area contributed by atoms with E-state index in [1.165, 1.54) is 24.1 Å². The van der Waals surface area contributed by atoms with Crippen molar-refractivity contribution in [1.29, 1.82) is 0 Å². The normalized spacial score (nSPS) is 16.7. The van der Waals surface area contributed by atoms with Gasteiger partial charge in [-0.2, -0.15) is 0 Å². The first-order valence-electron chi connectivity index (χ1n) is 11.8. The Hall–Kier alpha value is -3.51. The second-order valence-corrected chi connectivity index (χ2v) is 10.2. The first kappa shape index (κ1) is 25.6. The van der Waals surface area contributed by atoms with Crippen molar-refractivity contribution in [2.24, 2.45) is 5.41 Å². The topological polar surface area (TPSA) is 66.2 Å². The number of aryl methyl sites for hydroxylation is 1. The molecule has 1 spiro atoms. The highest BCUT2D eigenvalue weighted by Crippen LogP contribution is 2.49. The largest absolute Gasteiger partial charge is 0.505 e. The van der Waals surface area contributed by atoms with Gasteiger partial charge in [0.25, 0.3) is 5.91 Å². The number of nitrogens with one attached hydrogen (secondary N) is 1. The molecule has 9 heteroatoms. The van der Waals surface area contributed by atoms with Crippen LogP contribution in [0, 0.1) is 17.8 Å². The molecule has 2 aliphatic rings. The van der Waals surface area contributed by atoms with Gasteiger partial charge in [0.1, 0.15) is 5.54 Å². The average Bonchev–Trinajstić information content (AvgIpc) is 3.09. The molecular weight excluding hydrogens is 479 g/mol. The summed E-state index contributed by atoms with van der Waals surface area (Å²) in [7, 11) is 2.93. The van der Waals surface area contributed by atoms with Crippen LogP contribution in [-0.4, -0.2) is 36.6 Å². The Morgan fingerprint density at radius 2 is 1.92 bits per heavy atom. The first-order chi connectivity index (χ1) is 17.1. The van der Waals surface area contributed by atoms with Crippen LogP contribution in [-0.2, 0) is 16.0 Å². The molecule has 1 saturated carbocycles. The van der Waals surface area contributed by atoms with E-state index in [1.54, 1.807) is 7.05 Å². The van der Waals surface area contributed by atoms with Crippen LogP contribution in [0.5, 0.6) is 5.75 Å². The smallest absolute Gasteiger partial charge is 0.259 e. The number of hydrogen-bond acceptors (Lipinski definition) is 4. The fraction of sp³-hybridized carbons (Fsp3) is 0.407. The summed E-state index contributed by atoms with van der Waals surface area (Å²) in [6.07, 6.45) is 3.51. The van der Waals surface area contributed by atoms with Crippen LogP contribution in [0.25, 0.3) is 4.85 Å². The fourth-order valence-corrected chi connectivity index (χ4v) is 5.37. The van der Waals surface area contributed by atoms with E-state index in [2.05, 4.69) is 10.2 Å². The lowest BCUT2D eigenvalue weighted by molar-refractivity contribution is -0.129. The maximum Gasteiger partial charge on any atom is 0.259 e. The second kappa shape index (κ2) is 9.51. The minimum atomic E-state index is -0.849. The minimum absolute atomic E-state index is 0.000331. The lowest BCUT2D eigenvalue weighted by Gasteiger charge is -2.43. The Balaban J connectivity index is 1.64. The second-order valence-electron chi connectivity index (χ2n) is 9.84. The van der Waals surface area contributed by atoms with Crippen molar-refractivity contribution in [2.45, 2.75) is 51.5 Å². The summed E-state index contributed by atoms with van der Waals surface area (Å²) < 4.78 is 20.5. The van der Waals surface area contributed by atoms with Gasteiger partial charge in [-0.05, 0) is 68.1 Å². The van der Waals surface area contributed by atoms with E-state index in [1.807, 2.05) is 43.0 Å². The molecular formula is C27H29FN4O3S. The van der Waals surface area contributed by atoms with Gasteiger partial charge >= 0.3 is 0 Å². The van der Waals surface area contributed by atoms with Crippen molar-refractivity contribution < 1.29 is 18.7 Å². The van der Waals surface area contributed by atoms with Crippen molar-refractivity contribution in [2.75, 3.05) is 24.0 Å². The predicted molar refractivity (Wildman–Crippen MR) is 141 cm³/mol. The van der Waals surface area contributed by atoms with Gasteiger partial charge in [0, 0.05) is 18.2 Å². The first-order valence-corrected chi connectivity index (χ1v) is 12.3. The summed E-state index contributed by atoms with van der Waals surface area (Å²) >= 11 is 5.75. The number of carbonyl (C=O) groups is 2. The SMILES string of the molecule is [C-]#[N+]c1ccc(N2C(=O)C3(CCC3)N(c3ccc(CCC(C)(C)C(=O)NC)cc3)C2=S)c(F)c1OC. The number of carbonyl (C=O) groups excluding carboxylic acids is 2. The molecule has 0 atom stereocenters. The van der Waals surface area contributed by atoms with Gasteiger partial charge in [-0.3, -0.25) is 14.5 Å². The van der Waals surface area contributed by atoms with Gasteiger partial charge < -0.3 is 15.0 Å². The Morgan fingerprint density at radius 3 is 2.44 bits per heavy atom. The van der Waals surface area contributed by atoms with Crippen LogP contribution in [0.2, 0.25) is 0 Å².